The Bertz CT molecular complexity index is 219. The second kappa shape index (κ2) is 10.3. The number of hydrogen-bond donors (Lipinski definition) is 2. The SMILES string of the molecule is CC(CCCCCCC(=O)O)C1OCOCO1.N. The van der Waals surface area contributed by atoms with Gasteiger partial charge in [0, 0.05) is 12.3 Å². The number of unbranched alkanes of at least 4 members (excludes halogenated alkanes) is 3. The molecule has 0 bridgehead atoms. The van der Waals surface area contributed by atoms with Crippen LogP contribution >= 0.6 is 0 Å². The number of ether oxygens (including phenoxy) is 3. The van der Waals surface area contributed by atoms with Crippen LogP contribution in [0.25, 0.3) is 0 Å². The molecular weight excluding hydrogens is 238 g/mol. The molecule has 0 aromatic heterocycles. The van der Waals surface area contributed by atoms with Crippen molar-refractivity contribution in [3.8, 4) is 0 Å². The molecule has 0 aromatic rings. The van der Waals surface area contributed by atoms with Gasteiger partial charge in [0.15, 0.2) is 19.9 Å². The lowest BCUT2D eigenvalue weighted by molar-refractivity contribution is -0.313. The van der Waals surface area contributed by atoms with Crippen LogP contribution in [0.3, 0.4) is 0 Å². The van der Waals surface area contributed by atoms with Crippen molar-refractivity contribution in [3.05, 3.63) is 0 Å². The van der Waals surface area contributed by atoms with E-state index in [1.165, 1.54) is 0 Å². The van der Waals surface area contributed by atoms with E-state index in [1.807, 2.05) is 0 Å². The first-order chi connectivity index (χ1) is 8.20. The third-order valence-corrected chi connectivity index (χ3v) is 2.90. The lowest BCUT2D eigenvalue weighted by atomic mass is 10.0. The molecule has 1 aliphatic rings. The van der Waals surface area contributed by atoms with Crippen molar-refractivity contribution in [2.45, 2.75) is 51.7 Å². The van der Waals surface area contributed by atoms with Crippen LogP contribution in [0.1, 0.15) is 45.4 Å². The third kappa shape index (κ3) is 7.60. The standard InChI is InChI=1S/C12H22O5.H3N/c1-10(12-16-8-15-9-17-12)6-4-2-3-5-7-11(13)14;/h10,12H,2-9H2,1H3,(H,13,14);1H3. The Balaban J connectivity index is 0.00000289. The smallest absolute Gasteiger partial charge is 0.303 e. The molecule has 0 aliphatic carbocycles. The van der Waals surface area contributed by atoms with Gasteiger partial charge >= 0.3 is 5.97 Å². The average molecular weight is 263 g/mol. The van der Waals surface area contributed by atoms with E-state index in [0.29, 0.717) is 19.5 Å². The van der Waals surface area contributed by atoms with E-state index in [1.54, 1.807) is 0 Å². The summed E-state index contributed by atoms with van der Waals surface area (Å²) in [5, 5.41) is 8.48. The molecule has 1 atom stereocenters. The van der Waals surface area contributed by atoms with Gasteiger partial charge in [0.05, 0.1) is 0 Å². The quantitative estimate of drug-likeness (QED) is 0.653. The van der Waals surface area contributed by atoms with Crippen molar-refractivity contribution >= 4 is 5.97 Å². The summed E-state index contributed by atoms with van der Waals surface area (Å²) in [6.07, 6.45) is 5.08. The van der Waals surface area contributed by atoms with Crippen LogP contribution in [0.4, 0.5) is 0 Å². The lowest BCUT2D eigenvalue weighted by Crippen LogP contribution is -2.32. The summed E-state index contributed by atoms with van der Waals surface area (Å²) in [6, 6.07) is 0. The summed E-state index contributed by atoms with van der Waals surface area (Å²) >= 11 is 0. The van der Waals surface area contributed by atoms with Gasteiger partial charge in [0.2, 0.25) is 0 Å². The minimum Gasteiger partial charge on any atom is -0.481 e. The van der Waals surface area contributed by atoms with Crippen LogP contribution in [0, 0.1) is 5.92 Å². The molecular formula is C12H25NO5. The second-order valence-corrected chi connectivity index (χ2v) is 4.47. The van der Waals surface area contributed by atoms with Crippen molar-refractivity contribution < 1.29 is 24.1 Å². The molecule has 1 aliphatic heterocycles. The Hall–Kier alpha value is -0.690. The maximum Gasteiger partial charge on any atom is 0.303 e. The van der Waals surface area contributed by atoms with E-state index in [4.69, 9.17) is 19.3 Å². The van der Waals surface area contributed by atoms with E-state index in [-0.39, 0.29) is 18.9 Å². The number of carboxylic acid groups (broad SMARTS) is 1. The Morgan fingerprint density at radius 3 is 2.44 bits per heavy atom. The highest BCUT2D eigenvalue weighted by molar-refractivity contribution is 5.66. The number of rotatable bonds is 8. The molecule has 108 valence electrons. The highest BCUT2D eigenvalue weighted by Gasteiger charge is 2.21. The molecule has 0 amide bonds. The monoisotopic (exact) mass is 263 g/mol. The maximum atomic E-state index is 10.3. The Kier molecular flexibility index (Phi) is 9.86. The van der Waals surface area contributed by atoms with Crippen molar-refractivity contribution in [1.82, 2.24) is 6.15 Å². The van der Waals surface area contributed by atoms with Crippen LogP contribution in [-0.4, -0.2) is 31.0 Å². The van der Waals surface area contributed by atoms with Crippen LogP contribution < -0.4 is 6.15 Å². The summed E-state index contributed by atoms with van der Waals surface area (Å²) in [4.78, 5) is 10.3. The zero-order valence-electron chi connectivity index (χ0n) is 11.1. The highest BCUT2D eigenvalue weighted by atomic mass is 16.8. The Morgan fingerprint density at radius 1 is 1.22 bits per heavy atom. The average Bonchev–Trinajstić information content (AvgIpc) is 2.34. The molecule has 1 heterocycles. The molecule has 1 fully saturated rings. The third-order valence-electron chi connectivity index (χ3n) is 2.90. The number of carboxylic acids is 1. The molecule has 0 aromatic carbocycles. The Labute approximate surface area is 108 Å². The molecule has 4 N–H and O–H groups in total. The first-order valence-corrected chi connectivity index (χ1v) is 6.23. The normalized spacial score (nSPS) is 18.1. The van der Waals surface area contributed by atoms with Crippen molar-refractivity contribution in [1.29, 1.82) is 0 Å². The van der Waals surface area contributed by atoms with E-state index in [0.717, 1.165) is 32.1 Å². The Morgan fingerprint density at radius 2 is 1.83 bits per heavy atom. The van der Waals surface area contributed by atoms with Crippen molar-refractivity contribution in [2.75, 3.05) is 13.6 Å². The molecule has 1 saturated heterocycles. The van der Waals surface area contributed by atoms with Gasteiger partial charge < -0.3 is 25.5 Å². The fourth-order valence-corrected chi connectivity index (χ4v) is 1.87. The summed E-state index contributed by atoms with van der Waals surface area (Å²) < 4.78 is 15.6. The predicted octanol–water partition coefficient (Wildman–Crippen LogP) is 2.51. The van der Waals surface area contributed by atoms with Crippen LogP contribution in [0.15, 0.2) is 0 Å². The second-order valence-electron chi connectivity index (χ2n) is 4.47. The fraction of sp³-hybridized carbons (Fsp3) is 0.917. The van der Waals surface area contributed by atoms with Crippen molar-refractivity contribution in [3.63, 3.8) is 0 Å². The number of carbonyl (C=O) groups is 1. The summed E-state index contributed by atoms with van der Waals surface area (Å²) in [6.45, 7) is 2.73. The van der Waals surface area contributed by atoms with Crippen LogP contribution in [0.2, 0.25) is 0 Å². The summed E-state index contributed by atoms with van der Waals surface area (Å²) in [5.74, 6) is -0.347. The van der Waals surface area contributed by atoms with E-state index in [2.05, 4.69) is 6.92 Å². The number of hydrogen-bond acceptors (Lipinski definition) is 5. The van der Waals surface area contributed by atoms with Crippen LogP contribution in [0.5, 0.6) is 0 Å². The van der Waals surface area contributed by atoms with Gasteiger partial charge in [0.1, 0.15) is 0 Å². The molecule has 1 rings (SSSR count). The van der Waals surface area contributed by atoms with Gasteiger partial charge in [0.25, 0.3) is 0 Å². The fourth-order valence-electron chi connectivity index (χ4n) is 1.87. The number of aliphatic carboxylic acids is 1. The van der Waals surface area contributed by atoms with Gasteiger partial charge in [-0.1, -0.05) is 26.2 Å². The lowest BCUT2D eigenvalue weighted by Gasteiger charge is -2.28. The van der Waals surface area contributed by atoms with Crippen LogP contribution in [-0.2, 0) is 19.0 Å². The largest absolute Gasteiger partial charge is 0.481 e. The maximum absolute atomic E-state index is 10.3. The predicted molar refractivity (Wildman–Crippen MR) is 66.3 cm³/mol. The molecule has 0 radical (unpaired) electrons. The highest BCUT2D eigenvalue weighted by Crippen LogP contribution is 2.19. The molecule has 1 unspecified atom stereocenters. The summed E-state index contributed by atoms with van der Waals surface area (Å²) in [5.41, 5.74) is 0. The molecule has 6 nitrogen and oxygen atoms in total. The molecule has 0 saturated carbocycles. The molecule has 0 spiro atoms. The van der Waals surface area contributed by atoms with E-state index < -0.39 is 5.97 Å². The van der Waals surface area contributed by atoms with Gasteiger partial charge in [-0.25, -0.2) is 0 Å². The van der Waals surface area contributed by atoms with E-state index >= 15 is 0 Å². The summed E-state index contributed by atoms with van der Waals surface area (Å²) in [7, 11) is 0. The van der Waals surface area contributed by atoms with Gasteiger partial charge in [-0.05, 0) is 12.8 Å². The first-order valence-electron chi connectivity index (χ1n) is 6.23. The zero-order valence-corrected chi connectivity index (χ0v) is 11.1. The topological polar surface area (TPSA) is 100.0 Å². The van der Waals surface area contributed by atoms with Gasteiger partial charge in [-0.2, -0.15) is 0 Å². The first kappa shape index (κ1) is 17.3. The minimum absolute atomic E-state index is 0. The van der Waals surface area contributed by atoms with Gasteiger partial charge in [-0.15, -0.1) is 0 Å². The minimum atomic E-state index is -0.706. The van der Waals surface area contributed by atoms with Crippen molar-refractivity contribution in [2.24, 2.45) is 5.92 Å². The van der Waals surface area contributed by atoms with Gasteiger partial charge in [-0.3, -0.25) is 4.79 Å². The molecule has 6 heteroatoms. The van der Waals surface area contributed by atoms with E-state index in [9.17, 15) is 4.79 Å². The zero-order chi connectivity index (χ0) is 12.5. The molecule has 18 heavy (non-hydrogen) atoms.